The van der Waals surface area contributed by atoms with E-state index in [1.165, 1.54) is 0 Å². The molecular weight excluding hydrogens is 308 g/mol. The number of piperazine rings is 1. The van der Waals surface area contributed by atoms with Crippen molar-refractivity contribution in [2.45, 2.75) is 20.5 Å². The van der Waals surface area contributed by atoms with Gasteiger partial charge in [0, 0.05) is 38.3 Å². The van der Waals surface area contributed by atoms with Crippen LogP contribution in [-0.4, -0.2) is 53.5 Å². The summed E-state index contributed by atoms with van der Waals surface area (Å²) in [4.78, 5) is 11.2. The second kappa shape index (κ2) is 7.39. The van der Waals surface area contributed by atoms with Crippen molar-refractivity contribution in [3.8, 4) is 11.8 Å². The summed E-state index contributed by atoms with van der Waals surface area (Å²) in [6.07, 6.45) is 0. The Morgan fingerprint density at radius 1 is 1.08 bits per heavy atom. The normalized spacial score (nSPS) is 14.5. The standard InChI is InChI=1S/C16H22N6O2/c1-11-8-15(21-20-12(11)2)24-10-13-9-14(23-3)19-16(18-13)22-6-4-17-5-7-22/h8-9,17H,4-7,10H2,1-3H3. The Bertz CT molecular complexity index is 703. The average molecular weight is 330 g/mol. The van der Waals surface area contributed by atoms with Crippen LogP contribution >= 0.6 is 0 Å². The Morgan fingerprint density at radius 3 is 2.58 bits per heavy atom. The molecule has 2 aromatic heterocycles. The molecule has 2 aromatic rings. The summed E-state index contributed by atoms with van der Waals surface area (Å²) in [6.45, 7) is 7.77. The fourth-order valence-corrected chi connectivity index (χ4v) is 2.38. The molecule has 8 nitrogen and oxygen atoms in total. The molecule has 1 aliphatic heterocycles. The van der Waals surface area contributed by atoms with Crippen LogP contribution in [0.3, 0.4) is 0 Å². The molecule has 0 bridgehead atoms. The molecule has 0 aromatic carbocycles. The van der Waals surface area contributed by atoms with E-state index in [4.69, 9.17) is 9.47 Å². The molecule has 1 fully saturated rings. The van der Waals surface area contributed by atoms with Gasteiger partial charge in [0.1, 0.15) is 6.61 Å². The molecule has 0 aliphatic carbocycles. The number of nitrogens with one attached hydrogen (secondary N) is 1. The summed E-state index contributed by atoms with van der Waals surface area (Å²) in [7, 11) is 1.60. The number of rotatable bonds is 5. The lowest BCUT2D eigenvalue weighted by Crippen LogP contribution is -2.44. The molecule has 3 rings (SSSR count). The Morgan fingerprint density at radius 2 is 1.88 bits per heavy atom. The fraction of sp³-hybridized carbons (Fsp3) is 0.500. The largest absolute Gasteiger partial charge is 0.481 e. The van der Waals surface area contributed by atoms with Gasteiger partial charge in [-0.1, -0.05) is 0 Å². The Kier molecular flexibility index (Phi) is 5.05. The van der Waals surface area contributed by atoms with Crippen molar-refractivity contribution in [3.05, 3.63) is 29.1 Å². The summed E-state index contributed by atoms with van der Waals surface area (Å²) in [6, 6.07) is 3.65. The number of nitrogens with zero attached hydrogens (tertiary/aromatic N) is 5. The number of hydrogen-bond donors (Lipinski definition) is 1. The van der Waals surface area contributed by atoms with Crippen LogP contribution in [-0.2, 0) is 6.61 Å². The fourth-order valence-electron chi connectivity index (χ4n) is 2.38. The van der Waals surface area contributed by atoms with Crippen molar-refractivity contribution < 1.29 is 9.47 Å². The SMILES string of the molecule is COc1cc(COc2cc(C)c(C)nn2)nc(N2CCNCC2)n1. The first kappa shape index (κ1) is 16.4. The minimum atomic E-state index is 0.287. The third-order valence-electron chi connectivity index (χ3n) is 3.93. The van der Waals surface area contributed by atoms with E-state index in [-0.39, 0.29) is 6.61 Å². The second-order valence-electron chi connectivity index (χ2n) is 5.68. The number of anilines is 1. The molecule has 8 heteroatoms. The summed E-state index contributed by atoms with van der Waals surface area (Å²) in [5, 5.41) is 11.4. The lowest BCUT2D eigenvalue weighted by Gasteiger charge is -2.27. The molecule has 3 heterocycles. The minimum absolute atomic E-state index is 0.287. The number of aromatic nitrogens is 4. The molecule has 1 aliphatic rings. The third-order valence-corrected chi connectivity index (χ3v) is 3.93. The van der Waals surface area contributed by atoms with Gasteiger partial charge in [-0.3, -0.25) is 0 Å². The zero-order chi connectivity index (χ0) is 16.9. The predicted molar refractivity (Wildman–Crippen MR) is 89.5 cm³/mol. The highest BCUT2D eigenvalue weighted by Gasteiger charge is 2.15. The van der Waals surface area contributed by atoms with Gasteiger partial charge in [0.25, 0.3) is 0 Å². The van der Waals surface area contributed by atoms with Crippen LogP contribution in [0.4, 0.5) is 5.95 Å². The van der Waals surface area contributed by atoms with Crippen LogP contribution in [0.1, 0.15) is 17.0 Å². The lowest BCUT2D eigenvalue weighted by molar-refractivity contribution is 0.283. The molecule has 1 saturated heterocycles. The van der Waals surface area contributed by atoms with Crippen LogP contribution in [0.25, 0.3) is 0 Å². The smallest absolute Gasteiger partial charge is 0.234 e. The van der Waals surface area contributed by atoms with Crippen molar-refractivity contribution in [2.24, 2.45) is 0 Å². The van der Waals surface area contributed by atoms with E-state index in [1.54, 1.807) is 13.2 Å². The molecule has 0 unspecified atom stereocenters. The molecule has 0 atom stereocenters. The van der Waals surface area contributed by atoms with Gasteiger partial charge in [-0.25, -0.2) is 4.98 Å². The quantitative estimate of drug-likeness (QED) is 0.865. The number of aryl methyl sites for hydroxylation is 2. The highest BCUT2D eigenvalue weighted by Crippen LogP contribution is 2.18. The van der Waals surface area contributed by atoms with Crippen molar-refractivity contribution in [1.82, 2.24) is 25.5 Å². The van der Waals surface area contributed by atoms with Gasteiger partial charge >= 0.3 is 0 Å². The first-order valence-corrected chi connectivity index (χ1v) is 7.97. The van der Waals surface area contributed by atoms with Crippen LogP contribution in [0.15, 0.2) is 12.1 Å². The minimum Gasteiger partial charge on any atom is -0.481 e. The molecule has 0 spiro atoms. The predicted octanol–water partition coefficient (Wildman–Crippen LogP) is 0.881. The Hall–Kier alpha value is -2.48. The van der Waals surface area contributed by atoms with Crippen molar-refractivity contribution in [1.29, 1.82) is 0 Å². The lowest BCUT2D eigenvalue weighted by atomic mass is 10.2. The highest BCUT2D eigenvalue weighted by atomic mass is 16.5. The summed E-state index contributed by atoms with van der Waals surface area (Å²) >= 11 is 0. The van der Waals surface area contributed by atoms with Gasteiger partial charge in [0.2, 0.25) is 17.7 Å². The number of ether oxygens (including phenoxy) is 2. The number of methoxy groups -OCH3 is 1. The van der Waals surface area contributed by atoms with Gasteiger partial charge < -0.3 is 19.7 Å². The number of hydrogen-bond acceptors (Lipinski definition) is 8. The van der Waals surface area contributed by atoms with Crippen molar-refractivity contribution in [3.63, 3.8) is 0 Å². The molecule has 1 N–H and O–H groups in total. The van der Waals surface area contributed by atoms with Gasteiger partial charge in [-0.15, -0.1) is 5.10 Å². The zero-order valence-electron chi connectivity index (χ0n) is 14.2. The summed E-state index contributed by atoms with van der Waals surface area (Å²) < 4.78 is 11.0. The summed E-state index contributed by atoms with van der Waals surface area (Å²) in [5.74, 6) is 1.68. The van der Waals surface area contributed by atoms with Crippen LogP contribution < -0.4 is 19.7 Å². The van der Waals surface area contributed by atoms with Gasteiger partial charge in [-0.05, 0) is 19.4 Å². The first-order chi connectivity index (χ1) is 11.7. The van der Waals surface area contributed by atoms with E-state index in [2.05, 4.69) is 30.4 Å². The first-order valence-electron chi connectivity index (χ1n) is 7.97. The van der Waals surface area contributed by atoms with E-state index < -0.39 is 0 Å². The zero-order valence-corrected chi connectivity index (χ0v) is 14.2. The van der Waals surface area contributed by atoms with Crippen molar-refractivity contribution >= 4 is 5.95 Å². The Labute approximate surface area is 141 Å². The van der Waals surface area contributed by atoms with Gasteiger partial charge in [0.05, 0.1) is 18.5 Å². The Balaban J connectivity index is 1.75. The van der Waals surface area contributed by atoms with Crippen molar-refractivity contribution in [2.75, 3.05) is 38.2 Å². The van der Waals surface area contributed by atoms with E-state index >= 15 is 0 Å². The molecule has 128 valence electrons. The monoisotopic (exact) mass is 330 g/mol. The van der Waals surface area contributed by atoms with E-state index in [9.17, 15) is 0 Å². The van der Waals surface area contributed by atoms with Crippen LogP contribution in [0.2, 0.25) is 0 Å². The molecule has 0 saturated carbocycles. The molecule has 0 radical (unpaired) electrons. The maximum atomic E-state index is 5.72. The molecule has 24 heavy (non-hydrogen) atoms. The van der Waals surface area contributed by atoms with Gasteiger partial charge in [-0.2, -0.15) is 10.1 Å². The maximum absolute atomic E-state index is 5.72. The molecular formula is C16H22N6O2. The maximum Gasteiger partial charge on any atom is 0.234 e. The van der Waals surface area contributed by atoms with Crippen LogP contribution in [0.5, 0.6) is 11.8 Å². The molecule has 0 amide bonds. The van der Waals surface area contributed by atoms with Gasteiger partial charge in [0.15, 0.2) is 0 Å². The third kappa shape index (κ3) is 3.88. The highest BCUT2D eigenvalue weighted by molar-refractivity contribution is 5.35. The van der Waals surface area contributed by atoms with E-state index in [1.807, 2.05) is 19.9 Å². The van der Waals surface area contributed by atoms with E-state index in [0.29, 0.717) is 17.7 Å². The topological polar surface area (TPSA) is 85.3 Å². The second-order valence-corrected chi connectivity index (χ2v) is 5.68. The van der Waals surface area contributed by atoms with E-state index in [0.717, 1.165) is 43.1 Å². The average Bonchev–Trinajstić information content (AvgIpc) is 2.63. The van der Waals surface area contributed by atoms with Crippen LogP contribution in [0, 0.1) is 13.8 Å². The summed E-state index contributed by atoms with van der Waals surface area (Å²) in [5.41, 5.74) is 2.68.